The van der Waals surface area contributed by atoms with Gasteiger partial charge in [-0.2, -0.15) is 0 Å². The lowest BCUT2D eigenvalue weighted by atomic mass is 10.0. The molecule has 0 radical (unpaired) electrons. The van der Waals surface area contributed by atoms with E-state index in [1.54, 1.807) is 31.4 Å². The van der Waals surface area contributed by atoms with Crippen LogP contribution in [0, 0.1) is 0 Å². The van der Waals surface area contributed by atoms with Crippen molar-refractivity contribution in [3.63, 3.8) is 0 Å². The molecule has 0 aliphatic carbocycles. The Balaban J connectivity index is 2.67. The molecule has 0 heterocycles. The highest BCUT2D eigenvalue weighted by Crippen LogP contribution is 2.18. The Kier molecular flexibility index (Phi) is 5.11. The van der Waals surface area contributed by atoms with Crippen LogP contribution < -0.4 is 5.73 Å². The summed E-state index contributed by atoms with van der Waals surface area (Å²) in [5.74, 6) is 0. The van der Waals surface area contributed by atoms with E-state index in [-0.39, 0.29) is 6.04 Å². The van der Waals surface area contributed by atoms with Gasteiger partial charge >= 0.3 is 0 Å². The van der Waals surface area contributed by atoms with Gasteiger partial charge in [0, 0.05) is 26.0 Å². The lowest BCUT2D eigenvalue weighted by Crippen LogP contribution is -2.11. The van der Waals surface area contributed by atoms with E-state index in [0.717, 1.165) is 18.4 Å². The van der Waals surface area contributed by atoms with E-state index in [1.807, 2.05) is 0 Å². The van der Waals surface area contributed by atoms with Crippen LogP contribution in [0.2, 0.25) is 0 Å². The van der Waals surface area contributed by atoms with Crippen molar-refractivity contribution >= 4 is 9.84 Å². The molecule has 1 aromatic rings. The van der Waals surface area contributed by atoms with Crippen molar-refractivity contribution < 1.29 is 13.2 Å². The molecule has 0 fully saturated rings. The number of sulfone groups is 1. The Morgan fingerprint density at radius 1 is 1.29 bits per heavy atom. The number of hydrogen-bond acceptors (Lipinski definition) is 4. The molecule has 0 aliphatic heterocycles. The molecular formula is C12H19NO3S. The summed E-state index contributed by atoms with van der Waals surface area (Å²) in [5.41, 5.74) is 6.94. The lowest BCUT2D eigenvalue weighted by Gasteiger charge is -2.12. The van der Waals surface area contributed by atoms with Gasteiger partial charge in [-0.05, 0) is 30.5 Å². The monoisotopic (exact) mass is 257 g/mol. The maximum Gasteiger partial charge on any atom is 0.175 e. The van der Waals surface area contributed by atoms with Gasteiger partial charge in [-0.3, -0.25) is 0 Å². The minimum absolute atomic E-state index is 0.0706. The Bertz CT molecular complexity index is 439. The van der Waals surface area contributed by atoms with Crippen molar-refractivity contribution in [1.82, 2.24) is 0 Å². The molecule has 0 saturated heterocycles. The van der Waals surface area contributed by atoms with Gasteiger partial charge in [-0.1, -0.05) is 12.1 Å². The van der Waals surface area contributed by atoms with Crippen LogP contribution in [-0.2, 0) is 14.6 Å². The molecular weight excluding hydrogens is 238 g/mol. The molecule has 0 aliphatic rings. The summed E-state index contributed by atoms with van der Waals surface area (Å²) in [6, 6.07) is 6.67. The molecule has 5 heteroatoms. The fourth-order valence-electron chi connectivity index (χ4n) is 1.58. The summed E-state index contributed by atoms with van der Waals surface area (Å²) >= 11 is 0. The number of rotatable bonds is 6. The maximum atomic E-state index is 11.3. The highest BCUT2D eigenvalue weighted by Gasteiger charge is 2.09. The van der Waals surface area contributed by atoms with Crippen LogP contribution in [0.1, 0.15) is 24.4 Å². The highest BCUT2D eigenvalue weighted by molar-refractivity contribution is 7.90. The number of ether oxygens (including phenoxy) is 1. The first-order valence-corrected chi connectivity index (χ1v) is 7.39. The van der Waals surface area contributed by atoms with Crippen LogP contribution in [0.5, 0.6) is 0 Å². The molecule has 4 nitrogen and oxygen atoms in total. The third-order valence-corrected chi connectivity index (χ3v) is 3.73. The van der Waals surface area contributed by atoms with Crippen molar-refractivity contribution in [2.24, 2.45) is 5.73 Å². The summed E-state index contributed by atoms with van der Waals surface area (Å²) in [5, 5.41) is 0. The molecule has 0 bridgehead atoms. The zero-order valence-electron chi connectivity index (χ0n) is 10.2. The fraction of sp³-hybridized carbons (Fsp3) is 0.500. The van der Waals surface area contributed by atoms with Gasteiger partial charge in [-0.15, -0.1) is 0 Å². The zero-order chi connectivity index (χ0) is 12.9. The van der Waals surface area contributed by atoms with E-state index in [9.17, 15) is 8.42 Å². The SMILES string of the molecule is COCCCC(N)c1ccc(S(C)(=O)=O)cc1. The summed E-state index contributed by atoms with van der Waals surface area (Å²) in [7, 11) is -1.47. The molecule has 0 saturated carbocycles. The van der Waals surface area contributed by atoms with Crippen molar-refractivity contribution in [3.8, 4) is 0 Å². The molecule has 0 amide bonds. The minimum atomic E-state index is -3.13. The first-order chi connectivity index (χ1) is 7.95. The molecule has 2 N–H and O–H groups in total. The average molecular weight is 257 g/mol. The molecule has 1 unspecified atom stereocenters. The molecule has 17 heavy (non-hydrogen) atoms. The predicted molar refractivity (Wildman–Crippen MR) is 67.6 cm³/mol. The van der Waals surface area contributed by atoms with Crippen molar-refractivity contribution in [2.75, 3.05) is 20.0 Å². The van der Waals surface area contributed by atoms with Gasteiger partial charge in [0.05, 0.1) is 4.90 Å². The van der Waals surface area contributed by atoms with Gasteiger partial charge in [-0.25, -0.2) is 8.42 Å². The Morgan fingerprint density at radius 2 is 1.88 bits per heavy atom. The third kappa shape index (κ3) is 4.46. The first-order valence-electron chi connectivity index (χ1n) is 5.49. The second-order valence-electron chi connectivity index (χ2n) is 4.08. The van der Waals surface area contributed by atoms with E-state index < -0.39 is 9.84 Å². The van der Waals surface area contributed by atoms with Crippen molar-refractivity contribution in [3.05, 3.63) is 29.8 Å². The fourth-order valence-corrected chi connectivity index (χ4v) is 2.21. The van der Waals surface area contributed by atoms with E-state index in [2.05, 4.69) is 0 Å². The molecule has 1 rings (SSSR count). The highest BCUT2D eigenvalue weighted by atomic mass is 32.2. The van der Waals surface area contributed by atoms with Gasteiger partial charge in [0.1, 0.15) is 0 Å². The number of hydrogen-bond donors (Lipinski definition) is 1. The second kappa shape index (κ2) is 6.14. The molecule has 1 atom stereocenters. The number of methoxy groups -OCH3 is 1. The largest absolute Gasteiger partial charge is 0.385 e. The number of nitrogens with two attached hydrogens (primary N) is 1. The Hall–Kier alpha value is -0.910. The Labute approximate surface area is 103 Å². The van der Waals surface area contributed by atoms with Crippen molar-refractivity contribution in [2.45, 2.75) is 23.8 Å². The van der Waals surface area contributed by atoms with Gasteiger partial charge < -0.3 is 10.5 Å². The van der Waals surface area contributed by atoms with Gasteiger partial charge in [0.15, 0.2) is 9.84 Å². The van der Waals surface area contributed by atoms with Gasteiger partial charge in [0.25, 0.3) is 0 Å². The van der Waals surface area contributed by atoms with Crippen LogP contribution in [-0.4, -0.2) is 28.4 Å². The molecule has 1 aromatic carbocycles. The second-order valence-corrected chi connectivity index (χ2v) is 6.10. The summed E-state index contributed by atoms with van der Waals surface area (Å²) < 4.78 is 27.5. The average Bonchev–Trinajstić information content (AvgIpc) is 2.28. The molecule has 0 spiro atoms. The third-order valence-electron chi connectivity index (χ3n) is 2.60. The summed E-state index contributed by atoms with van der Waals surface area (Å²) in [6.07, 6.45) is 2.91. The van der Waals surface area contributed by atoms with Crippen LogP contribution in [0.3, 0.4) is 0 Å². The molecule has 0 aromatic heterocycles. The van der Waals surface area contributed by atoms with E-state index in [4.69, 9.17) is 10.5 Å². The van der Waals surface area contributed by atoms with Crippen molar-refractivity contribution in [1.29, 1.82) is 0 Å². The van der Waals surface area contributed by atoms with Crippen LogP contribution in [0.25, 0.3) is 0 Å². The van der Waals surface area contributed by atoms with E-state index >= 15 is 0 Å². The first kappa shape index (κ1) is 14.2. The lowest BCUT2D eigenvalue weighted by molar-refractivity contribution is 0.190. The standard InChI is InChI=1S/C12H19NO3S/c1-16-9-3-4-12(13)10-5-7-11(8-6-10)17(2,14)15/h5-8,12H,3-4,9,13H2,1-2H3. The van der Waals surface area contributed by atoms with E-state index in [1.165, 1.54) is 6.26 Å². The van der Waals surface area contributed by atoms with E-state index in [0.29, 0.717) is 11.5 Å². The topological polar surface area (TPSA) is 69.4 Å². The van der Waals surface area contributed by atoms with Crippen LogP contribution >= 0.6 is 0 Å². The quantitative estimate of drug-likeness (QED) is 0.784. The minimum Gasteiger partial charge on any atom is -0.385 e. The maximum absolute atomic E-state index is 11.3. The van der Waals surface area contributed by atoms with Crippen LogP contribution in [0.15, 0.2) is 29.2 Å². The molecule has 96 valence electrons. The summed E-state index contributed by atoms with van der Waals surface area (Å²) in [4.78, 5) is 0.324. The number of benzene rings is 1. The predicted octanol–water partition coefficient (Wildman–Crippen LogP) is 1.52. The van der Waals surface area contributed by atoms with Gasteiger partial charge in [0.2, 0.25) is 0 Å². The smallest absolute Gasteiger partial charge is 0.175 e. The van der Waals surface area contributed by atoms with Crippen LogP contribution in [0.4, 0.5) is 0 Å². The zero-order valence-corrected chi connectivity index (χ0v) is 11.0. The normalized spacial score (nSPS) is 13.6. The summed E-state index contributed by atoms with van der Waals surface area (Å²) in [6.45, 7) is 0.690. The Morgan fingerprint density at radius 3 is 2.35 bits per heavy atom.